The SMILES string of the molecule is CC(C)[C@H](C)NC(=O)Cc1ccccc1[N+](=O)[O-]. The van der Waals surface area contributed by atoms with Crippen molar-refractivity contribution in [3.05, 3.63) is 39.9 Å². The van der Waals surface area contributed by atoms with E-state index in [0.29, 0.717) is 11.5 Å². The molecule has 0 spiro atoms. The van der Waals surface area contributed by atoms with Crippen molar-refractivity contribution in [2.75, 3.05) is 0 Å². The van der Waals surface area contributed by atoms with Gasteiger partial charge in [-0.25, -0.2) is 0 Å². The van der Waals surface area contributed by atoms with Crippen LogP contribution in [0.3, 0.4) is 0 Å². The van der Waals surface area contributed by atoms with Crippen molar-refractivity contribution >= 4 is 11.6 Å². The van der Waals surface area contributed by atoms with Gasteiger partial charge in [0.05, 0.1) is 11.3 Å². The molecule has 18 heavy (non-hydrogen) atoms. The summed E-state index contributed by atoms with van der Waals surface area (Å²) < 4.78 is 0. The van der Waals surface area contributed by atoms with Crippen LogP contribution in [-0.2, 0) is 11.2 Å². The molecule has 1 rings (SSSR count). The van der Waals surface area contributed by atoms with Gasteiger partial charge in [-0.05, 0) is 12.8 Å². The fourth-order valence-electron chi connectivity index (χ4n) is 1.48. The number of nitrogens with zero attached hydrogens (tertiary/aromatic N) is 1. The van der Waals surface area contributed by atoms with Crippen LogP contribution in [-0.4, -0.2) is 16.9 Å². The van der Waals surface area contributed by atoms with Crippen LogP contribution in [0.25, 0.3) is 0 Å². The van der Waals surface area contributed by atoms with Gasteiger partial charge in [0.1, 0.15) is 0 Å². The average Bonchev–Trinajstić information content (AvgIpc) is 2.28. The van der Waals surface area contributed by atoms with Crippen LogP contribution in [0.15, 0.2) is 24.3 Å². The molecule has 0 aliphatic carbocycles. The number of benzene rings is 1. The highest BCUT2D eigenvalue weighted by molar-refractivity contribution is 5.80. The lowest BCUT2D eigenvalue weighted by molar-refractivity contribution is -0.385. The zero-order chi connectivity index (χ0) is 13.7. The van der Waals surface area contributed by atoms with Crippen LogP contribution in [0.4, 0.5) is 5.69 Å². The van der Waals surface area contributed by atoms with Crippen molar-refractivity contribution < 1.29 is 9.72 Å². The Labute approximate surface area is 106 Å². The Morgan fingerprint density at radius 2 is 1.94 bits per heavy atom. The summed E-state index contributed by atoms with van der Waals surface area (Å²) >= 11 is 0. The van der Waals surface area contributed by atoms with E-state index in [0.717, 1.165) is 0 Å². The summed E-state index contributed by atoms with van der Waals surface area (Å²) in [6.07, 6.45) is 0.0359. The Morgan fingerprint density at radius 3 is 2.50 bits per heavy atom. The van der Waals surface area contributed by atoms with E-state index in [9.17, 15) is 14.9 Å². The Morgan fingerprint density at radius 1 is 1.33 bits per heavy atom. The zero-order valence-electron chi connectivity index (χ0n) is 10.8. The van der Waals surface area contributed by atoms with Gasteiger partial charge in [0.2, 0.25) is 5.91 Å². The Bertz CT molecular complexity index is 444. The number of nitro benzene ring substituents is 1. The first-order valence-corrected chi connectivity index (χ1v) is 5.93. The molecule has 0 saturated heterocycles. The molecule has 0 aliphatic heterocycles. The molecule has 1 aromatic carbocycles. The van der Waals surface area contributed by atoms with Gasteiger partial charge in [0.15, 0.2) is 0 Å². The van der Waals surface area contributed by atoms with E-state index in [-0.39, 0.29) is 24.1 Å². The quantitative estimate of drug-likeness (QED) is 0.643. The van der Waals surface area contributed by atoms with Crippen molar-refractivity contribution in [3.63, 3.8) is 0 Å². The summed E-state index contributed by atoms with van der Waals surface area (Å²) in [7, 11) is 0. The molecule has 0 aliphatic rings. The minimum Gasteiger partial charge on any atom is -0.353 e. The number of rotatable bonds is 5. The molecule has 0 saturated carbocycles. The Hall–Kier alpha value is -1.91. The maximum atomic E-state index is 11.8. The highest BCUT2D eigenvalue weighted by Gasteiger charge is 2.17. The summed E-state index contributed by atoms with van der Waals surface area (Å²) in [5.74, 6) is 0.144. The van der Waals surface area contributed by atoms with Gasteiger partial charge in [0.25, 0.3) is 5.69 Å². The molecule has 1 atom stereocenters. The van der Waals surface area contributed by atoms with E-state index in [1.54, 1.807) is 18.2 Å². The van der Waals surface area contributed by atoms with E-state index in [1.165, 1.54) is 6.07 Å². The smallest absolute Gasteiger partial charge is 0.273 e. The fourth-order valence-corrected chi connectivity index (χ4v) is 1.48. The first-order valence-electron chi connectivity index (χ1n) is 5.93. The third-order valence-corrected chi connectivity index (χ3v) is 2.93. The normalized spacial score (nSPS) is 12.2. The second kappa shape index (κ2) is 6.14. The van der Waals surface area contributed by atoms with Gasteiger partial charge < -0.3 is 5.32 Å². The van der Waals surface area contributed by atoms with Gasteiger partial charge in [-0.1, -0.05) is 32.0 Å². The lowest BCUT2D eigenvalue weighted by Gasteiger charge is -2.17. The van der Waals surface area contributed by atoms with Crippen molar-refractivity contribution in [1.29, 1.82) is 0 Å². The number of carbonyl (C=O) groups excluding carboxylic acids is 1. The summed E-state index contributed by atoms with van der Waals surface area (Å²) in [5, 5.41) is 13.6. The summed E-state index contributed by atoms with van der Waals surface area (Å²) in [4.78, 5) is 22.1. The van der Waals surface area contributed by atoms with E-state index >= 15 is 0 Å². The monoisotopic (exact) mass is 250 g/mol. The third-order valence-electron chi connectivity index (χ3n) is 2.93. The molecule has 98 valence electrons. The highest BCUT2D eigenvalue weighted by atomic mass is 16.6. The molecule has 0 fully saturated rings. The standard InChI is InChI=1S/C13H18N2O3/c1-9(2)10(3)14-13(16)8-11-6-4-5-7-12(11)15(17)18/h4-7,9-10H,8H2,1-3H3,(H,14,16)/t10-/m0/s1. The Kier molecular flexibility index (Phi) is 4.83. The number of nitrogens with one attached hydrogen (secondary N) is 1. The topological polar surface area (TPSA) is 72.2 Å². The predicted molar refractivity (Wildman–Crippen MR) is 69.2 cm³/mol. The fraction of sp³-hybridized carbons (Fsp3) is 0.462. The van der Waals surface area contributed by atoms with Gasteiger partial charge in [-0.3, -0.25) is 14.9 Å². The molecule has 0 heterocycles. The largest absolute Gasteiger partial charge is 0.353 e. The minimum absolute atomic E-state index is 0.00940. The molecule has 5 nitrogen and oxygen atoms in total. The second-order valence-electron chi connectivity index (χ2n) is 4.66. The van der Waals surface area contributed by atoms with Crippen molar-refractivity contribution in [1.82, 2.24) is 5.32 Å². The predicted octanol–water partition coefficient (Wildman–Crippen LogP) is 2.30. The molecule has 0 unspecified atom stereocenters. The molecule has 0 radical (unpaired) electrons. The molecular formula is C13H18N2O3. The molecule has 1 amide bonds. The van der Waals surface area contributed by atoms with Crippen LogP contribution >= 0.6 is 0 Å². The van der Waals surface area contributed by atoms with E-state index in [1.807, 2.05) is 20.8 Å². The van der Waals surface area contributed by atoms with Crippen LogP contribution in [0.2, 0.25) is 0 Å². The second-order valence-corrected chi connectivity index (χ2v) is 4.66. The van der Waals surface area contributed by atoms with Crippen molar-refractivity contribution in [3.8, 4) is 0 Å². The minimum atomic E-state index is -0.464. The molecular weight excluding hydrogens is 232 g/mol. The zero-order valence-corrected chi connectivity index (χ0v) is 10.8. The van der Waals surface area contributed by atoms with Crippen LogP contribution in [0, 0.1) is 16.0 Å². The number of hydrogen-bond donors (Lipinski definition) is 1. The summed E-state index contributed by atoms with van der Waals surface area (Å²) in [5.41, 5.74) is 0.431. The maximum absolute atomic E-state index is 11.8. The van der Waals surface area contributed by atoms with Crippen molar-refractivity contribution in [2.24, 2.45) is 5.92 Å². The highest BCUT2D eigenvalue weighted by Crippen LogP contribution is 2.18. The molecule has 0 bridgehead atoms. The van der Waals surface area contributed by atoms with Crippen LogP contribution in [0.5, 0.6) is 0 Å². The number of carbonyl (C=O) groups is 1. The van der Waals surface area contributed by atoms with Gasteiger partial charge >= 0.3 is 0 Å². The van der Waals surface area contributed by atoms with Gasteiger partial charge in [-0.2, -0.15) is 0 Å². The van der Waals surface area contributed by atoms with E-state index < -0.39 is 4.92 Å². The Balaban J connectivity index is 2.73. The first kappa shape index (κ1) is 14.2. The van der Waals surface area contributed by atoms with Crippen molar-refractivity contribution in [2.45, 2.75) is 33.2 Å². The number of hydrogen-bond acceptors (Lipinski definition) is 3. The van der Waals surface area contributed by atoms with Crippen LogP contribution < -0.4 is 5.32 Å². The summed E-state index contributed by atoms with van der Waals surface area (Å²) in [6.45, 7) is 5.94. The van der Waals surface area contributed by atoms with Gasteiger partial charge in [0, 0.05) is 17.7 Å². The van der Waals surface area contributed by atoms with Crippen LogP contribution in [0.1, 0.15) is 26.3 Å². The average molecular weight is 250 g/mol. The molecule has 5 heteroatoms. The molecule has 1 aromatic rings. The molecule has 1 N–H and O–H groups in total. The van der Waals surface area contributed by atoms with E-state index in [4.69, 9.17) is 0 Å². The van der Waals surface area contributed by atoms with Gasteiger partial charge in [-0.15, -0.1) is 0 Å². The lowest BCUT2D eigenvalue weighted by atomic mass is 10.1. The molecule has 0 aromatic heterocycles. The first-order chi connectivity index (χ1) is 8.41. The number of para-hydroxylation sites is 1. The third kappa shape index (κ3) is 3.84. The number of amides is 1. The summed E-state index contributed by atoms with van der Waals surface area (Å²) in [6, 6.07) is 6.37. The van der Waals surface area contributed by atoms with E-state index in [2.05, 4.69) is 5.32 Å². The lowest BCUT2D eigenvalue weighted by Crippen LogP contribution is -2.37. The number of nitro groups is 1. The maximum Gasteiger partial charge on any atom is 0.273 e.